The van der Waals surface area contributed by atoms with E-state index in [2.05, 4.69) is 4.98 Å². The molecule has 3 aromatic rings. The van der Waals surface area contributed by atoms with Crippen molar-refractivity contribution in [2.45, 2.75) is 12.2 Å². The summed E-state index contributed by atoms with van der Waals surface area (Å²) < 4.78 is 38.7. The van der Waals surface area contributed by atoms with Crippen molar-refractivity contribution >= 4 is 32.8 Å². The quantitative estimate of drug-likeness (QED) is 0.760. The van der Waals surface area contributed by atoms with Crippen LogP contribution in [0.3, 0.4) is 0 Å². The third-order valence-corrected chi connectivity index (χ3v) is 5.15. The van der Waals surface area contributed by atoms with Gasteiger partial charge in [-0.05, 0) is 17.5 Å². The van der Waals surface area contributed by atoms with Crippen LogP contribution in [-0.2, 0) is 6.18 Å². The number of benzene rings is 1. The molecule has 0 saturated carbocycles. The van der Waals surface area contributed by atoms with Gasteiger partial charge >= 0.3 is 6.18 Å². The van der Waals surface area contributed by atoms with E-state index in [0.717, 1.165) is 15.0 Å². The van der Waals surface area contributed by atoms with E-state index in [1.165, 1.54) is 17.5 Å². The number of halogens is 3. The maximum Gasteiger partial charge on any atom is 0.443 e. The molecular weight excluding hydrogens is 305 g/mol. The molecule has 0 fully saturated rings. The van der Waals surface area contributed by atoms with Crippen molar-refractivity contribution in [2.75, 3.05) is 0 Å². The summed E-state index contributed by atoms with van der Waals surface area (Å²) in [6, 6.07) is 9.10. The predicted molar refractivity (Wildman–Crippen MR) is 75.0 cm³/mol. The van der Waals surface area contributed by atoms with Crippen molar-refractivity contribution in [1.29, 1.82) is 0 Å². The number of alkyl halides is 3. The van der Waals surface area contributed by atoms with Crippen LogP contribution < -0.4 is 5.73 Å². The number of aromatic nitrogens is 1. The van der Waals surface area contributed by atoms with Crippen LogP contribution in [0.15, 0.2) is 36.5 Å². The van der Waals surface area contributed by atoms with Gasteiger partial charge in [-0.15, -0.1) is 22.7 Å². The van der Waals surface area contributed by atoms with Crippen LogP contribution >= 0.6 is 22.7 Å². The molecule has 0 bridgehead atoms. The molecule has 1 atom stereocenters. The summed E-state index contributed by atoms with van der Waals surface area (Å²) in [5, 5.41) is 0.188. The fourth-order valence-electron chi connectivity index (χ4n) is 1.86. The molecule has 2 N–H and O–H groups in total. The number of nitrogens with zero attached hydrogens (tertiary/aromatic N) is 1. The van der Waals surface area contributed by atoms with Crippen molar-refractivity contribution in [3.05, 3.63) is 51.3 Å². The zero-order valence-electron chi connectivity index (χ0n) is 10.0. The number of thiazole rings is 1. The fraction of sp³-hybridized carbons (Fsp3) is 0.154. The standard InChI is InChI=1S/C13H9F3N2S2/c14-13(15,16)12-18-6-10(20-12)11(17)9-5-7-3-1-2-4-8(7)19-9/h1-6,11H,17H2. The Balaban J connectivity index is 1.95. The van der Waals surface area contributed by atoms with Crippen molar-refractivity contribution in [2.24, 2.45) is 5.73 Å². The number of rotatable bonds is 2. The van der Waals surface area contributed by atoms with E-state index in [1.807, 2.05) is 30.3 Å². The van der Waals surface area contributed by atoms with Crippen molar-refractivity contribution in [1.82, 2.24) is 4.98 Å². The molecule has 1 aromatic carbocycles. The molecule has 0 aliphatic rings. The van der Waals surface area contributed by atoms with Gasteiger partial charge in [-0.25, -0.2) is 4.98 Å². The molecule has 0 saturated heterocycles. The van der Waals surface area contributed by atoms with Crippen LogP contribution in [0.25, 0.3) is 10.1 Å². The van der Waals surface area contributed by atoms with Crippen LogP contribution in [0.2, 0.25) is 0 Å². The number of thiophene rings is 1. The van der Waals surface area contributed by atoms with E-state index in [9.17, 15) is 13.2 Å². The van der Waals surface area contributed by atoms with Gasteiger partial charge in [-0.1, -0.05) is 18.2 Å². The Labute approximate surface area is 120 Å². The minimum atomic E-state index is -4.41. The van der Waals surface area contributed by atoms with Crippen LogP contribution in [0.1, 0.15) is 20.8 Å². The van der Waals surface area contributed by atoms with E-state index < -0.39 is 17.2 Å². The summed E-state index contributed by atoms with van der Waals surface area (Å²) in [6.07, 6.45) is -3.20. The fourth-order valence-corrected chi connectivity index (χ4v) is 3.82. The first-order chi connectivity index (χ1) is 9.45. The average molecular weight is 314 g/mol. The highest BCUT2D eigenvalue weighted by Gasteiger charge is 2.35. The van der Waals surface area contributed by atoms with Gasteiger partial charge < -0.3 is 5.73 Å². The summed E-state index contributed by atoms with van der Waals surface area (Å²) in [7, 11) is 0. The third-order valence-electron chi connectivity index (χ3n) is 2.82. The number of nitrogens with two attached hydrogens (primary N) is 1. The Morgan fingerprint density at radius 2 is 1.85 bits per heavy atom. The number of hydrogen-bond acceptors (Lipinski definition) is 4. The van der Waals surface area contributed by atoms with Gasteiger partial charge in [0.05, 0.1) is 6.04 Å². The van der Waals surface area contributed by atoms with Gasteiger partial charge in [-0.2, -0.15) is 13.2 Å². The molecular formula is C13H9F3N2S2. The lowest BCUT2D eigenvalue weighted by atomic mass is 10.2. The Kier molecular flexibility index (Phi) is 3.27. The highest BCUT2D eigenvalue weighted by Crippen LogP contribution is 2.37. The van der Waals surface area contributed by atoms with E-state index in [0.29, 0.717) is 16.2 Å². The van der Waals surface area contributed by atoms with Gasteiger partial charge in [-0.3, -0.25) is 0 Å². The third kappa shape index (κ3) is 2.44. The van der Waals surface area contributed by atoms with E-state index in [4.69, 9.17) is 5.73 Å². The summed E-state index contributed by atoms with van der Waals surface area (Å²) >= 11 is 2.09. The number of hydrogen-bond donors (Lipinski definition) is 1. The Morgan fingerprint density at radius 3 is 2.50 bits per heavy atom. The normalized spacial score (nSPS) is 13.8. The lowest BCUT2D eigenvalue weighted by Crippen LogP contribution is -2.08. The Morgan fingerprint density at radius 1 is 1.10 bits per heavy atom. The molecule has 1 unspecified atom stereocenters. The zero-order valence-corrected chi connectivity index (χ0v) is 11.6. The van der Waals surface area contributed by atoms with Gasteiger partial charge in [0, 0.05) is 20.7 Å². The SMILES string of the molecule is NC(c1cnc(C(F)(F)F)s1)c1cc2ccccc2s1. The van der Waals surface area contributed by atoms with Crippen molar-refractivity contribution < 1.29 is 13.2 Å². The lowest BCUT2D eigenvalue weighted by molar-refractivity contribution is -0.137. The maximum absolute atomic E-state index is 12.5. The Bertz CT molecular complexity index is 712. The topological polar surface area (TPSA) is 38.9 Å². The first kappa shape index (κ1) is 13.5. The van der Waals surface area contributed by atoms with Gasteiger partial charge in [0.1, 0.15) is 0 Å². The molecule has 3 rings (SSSR count). The summed E-state index contributed by atoms with van der Waals surface area (Å²) in [6.45, 7) is 0. The second-order valence-corrected chi connectivity index (χ2v) is 6.41. The lowest BCUT2D eigenvalue weighted by Gasteiger charge is -2.05. The first-order valence-electron chi connectivity index (χ1n) is 5.72. The maximum atomic E-state index is 12.5. The molecule has 0 spiro atoms. The molecule has 104 valence electrons. The minimum Gasteiger partial charge on any atom is -0.319 e. The molecule has 0 radical (unpaired) electrons. The predicted octanol–water partition coefficient (Wildman–Crippen LogP) is 4.42. The largest absolute Gasteiger partial charge is 0.443 e. The highest BCUT2D eigenvalue weighted by atomic mass is 32.1. The molecule has 2 heterocycles. The van der Waals surface area contributed by atoms with E-state index in [1.54, 1.807) is 0 Å². The molecule has 0 aliphatic heterocycles. The van der Waals surface area contributed by atoms with Crippen molar-refractivity contribution in [3.8, 4) is 0 Å². The van der Waals surface area contributed by atoms with Gasteiger partial charge in [0.15, 0.2) is 5.01 Å². The average Bonchev–Trinajstić information content (AvgIpc) is 3.04. The monoisotopic (exact) mass is 314 g/mol. The molecule has 7 heteroatoms. The highest BCUT2D eigenvalue weighted by molar-refractivity contribution is 7.19. The second kappa shape index (κ2) is 4.83. The minimum absolute atomic E-state index is 0.420. The van der Waals surface area contributed by atoms with Crippen molar-refractivity contribution in [3.63, 3.8) is 0 Å². The van der Waals surface area contributed by atoms with Crippen LogP contribution in [-0.4, -0.2) is 4.98 Å². The Hall–Kier alpha value is -1.44. The molecule has 0 amide bonds. The summed E-state index contributed by atoms with van der Waals surface area (Å²) in [5.41, 5.74) is 6.05. The molecule has 0 aliphatic carbocycles. The second-order valence-electron chi connectivity index (χ2n) is 4.23. The molecule has 2 aromatic heterocycles. The van der Waals surface area contributed by atoms with Crippen LogP contribution in [0, 0.1) is 0 Å². The summed E-state index contributed by atoms with van der Waals surface area (Å²) in [4.78, 5) is 4.66. The zero-order chi connectivity index (χ0) is 14.3. The van der Waals surface area contributed by atoms with E-state index >= 15 is 0 Å². The van der Waals surface area contributed by atoms with Crippen LogP contribution in [0.5, 0.6) is 0 Å². The van der Waals surface area contributed by atoms with E-state index in [-0.39, 0.29) is 0 Å². The molecule has 20 heavy (non-hydrogen) atoms. The summed E-state index contributed by atoms with van der Waals surface area (Å²) in [5.74, 6) is 0. The van der Waals surface area contributed by atoms with Gasteiger partial charge in [0.2, 0.25) is 0 Å². The van der Waals surface area contributed by atoms with Gasteiger partial charge in [0.25, 0.3) is 0 Å². The first-order valence-corrected chi connectivity index (χ1v) is 7.35. The van der Waals surface area contributed by atoms with Crippen LogP contribution in [0.4, 0.5) is 13.2 Å². The smallest absolute Gasteiger partial charge is 0.319 e. The molecule has 2 nitrogen and oxygen atoms in total. The number of fused-ring (bicyclic) bond motifs is 1.